The molecule has 2 heterocycles. The molecule has 1 aliphatic heterocycles. The van der Waals surface area contributed by atoms with Crippen molar-refractivity contribution in [1.29, 1.82) is 0 Å². The first-order valence-corrected chi connectivity index (χ1v) is 9.38. The Morgan fingerprint density at radius 2 is 1.48 bits per heavy atom. The van der Waals surface area contributed by atoms with Crippen LogP contribution in [0.1, 0.15) is 52.7 Å². The van der Waals surface area contributed by atoms with Gasteiger partial charge in [0.25, 0.3) is 0 Å². The number of hydrogen-bond acceptors (Lipinski definition) is 3. The Balaban J connectivity index is 0.000000156. The van der Waals surface area contributed by atoms with Crippen LogP contribution in [-0.4, -0.2) is 16.3 Å². The Kier molecular flexibility index (Phi) is 4.94. The third-order valence-corrected chi connectivity index (χ3v) is 4.77. The summed E-state index contributed by atoms with van der Waals surface area (Å²) in [6.45, 7) is 13.5. The van der Waals surface area contributed by atoms with Crippen LogP contribution < -0.4 is 9.47 Å². The lowest BCUT2D eigenvalue weighted by Gasteiger charge is -2.20. The highest BCUT2D eigenvalue weighted by Crippen LogP contribution is 2.41. The summed E-state index contributed by atoms with van der Waals surface area (Å²) in [5.41, 5.74) is 5.13. The first kappa shape index (κ1) is 19.3. The molecule has 0 fully saturated rings. The van der Waals surface area contributed by atoms with Crippen LogP contribution in [0.2, 0.25) is 0 Å². The van der Waals surface area contributed by atoms with E-state index in [1.807, 2.05) is 25.5 Å². The summed E-state index contributed by atoms with van der Waals surface area (Å²) >= 11 is 0. The van der Waals surface area contributed by atoms with Gasteiger partial charge >= 0.3 is 0 Å². The monoisotopic (exact) mass is 366 g/mol. The summed E-state index contributed by atoms with van der Waals surface area (Å²) in [6, 6.07) is 12.4. The molecule has 2 aromatic carbocycles. The van der Waals surface area contributed by atoms with E-state index >= 15 is 0 Å². The second-order valence-electron chi connectivity index (χ2n) is 9.07. The molecule has 1 aliphatic rings. The zero-order valence-corrected chi connectivity index (χ0v) is 17.5. The van der Waals surface area contributed by atoms with Crippen LogP contribution in [-0.2, 0) is 17.9 Å². The van der Waals surface area contributed by atoms with Crippen molar-refractivity contribution in [2.75, 3.05) is 6.79 Å². The molecule has 0 aliphatic carbocycles. The van der Waals surface area contributed by atoms with Gasteiger partial charge in [-0.1, -0.05) is 65.8 Å². The van der Waals surface area contributed by atoms with Crippen molar-refractivity contribution in [1.82, 2.24) is 9.55 Å². The second kappa shape index (κ2) is 6.91. The number of para-hydroxylation sites is 2. The fourth-order valence-corrected chi connectivity index (χ4v) is 3.28. The molecule has 4 rings (SSSR count). The maximum absolute atomic E-state index is 5.43. The van der Waals surface area contributed by atoms with E-state index in [1.165, 1.54) is 16.6 Å². The first-order valence-electron chi connectivity index (χ1n) is 9.38. The van der Waals surface area contributed by atoms with Gasteiger partial charge in [0.2, 0.25) is 6.79 Å². The summed E-state index contributed by atoms with van der Waals surface area (Å²) in [6.07, 6.45) is 1.87. The molecule has 27 heavy (non-hydrogen) atoms. The van der Waals surface area contributed by atoms with Crippen molar-refractivity contribution < 1.29 is 9.47 Å². The number of aromatic nitrogens is 2. The smallest absolute Gasteiger partial charge is 0.231 e. The minimum absolute atomic E-state index is 0.110. The Morgan fingerprint density at radius 1 is 0.852 bits per heavy atom. The normalized spacial score (nSPS) is 13.4. The molecule has 4 nitrogen and oxygen atoms in total. The maximum Gasteiger partial charge on any atom is 0.231 e. The Labute approximate surface area is 162 Å². The number of fused-ring (bicyclic) bond motifs is 2. The van der Waals surface area contributed by atoms with E-state index in [-0.39, 0.29) is 10.8 Å². The molecule has 0 N–H and O–H groups in total. The molecule has 3 aromatic rings. The summed E-state index contributed by atoms with van der Waals surface area (Å²) < 4.78 is 12.8. The number of benzene rings is 2. The van der Waals surface area contributed by atoms with Crippen LogP contribution in [0.15, 0.2) is 42.7 Å². The molecule has 0 atom stereocenters. The summed E-state index contributed by atoms with van der Waals surface area (Å²) in [5, 5.41) is 0. The van der Waals surface area contributed by atoms with Gasteiger partial charge in [-0.15, -0.1) is 0 Å². The zero-order valence-electron chi connectivity index (χ0n) is 17.5. The molecular weight excluding hydrogens is 336 g/mol. The average Bonchev–Trinajstić information content (AvgIpc) is 3.20. The molecule has 0 amide bonds. The molecule has 0 radical (unpaired) electrons. The summed E-state index contributed by atoms with van der Waals surface area (Å²) in [4.78, 5) is 4.45. The molecule has 0 bridgehead atoms. The van der Waals surface area contributed by atoms with Crippen LogP contribution in [0.25, 0.3) is 11.0 Å². The second-order valence-corrected chi connectivity index (χ2v) is 9.07. The molecule has 4 heteroatoms. The first-order chi connectivity index (χ1) is 12.6. The van der Waals surface area contributed by atoms with Gasteiger partial charge in [-0.25, -0.2) is 4.98 Å². The van der Waals surface area contributed by atoms with Gasteiger partial charge in [0.1, 0.15) is 0 Å². The zero-order chi connectivity index (χ0) is 19.8. The van der Waals surface area contributed by atoms with E-state index in [0.717, 1.165) is 17.0 Å². The van der Waals surface area contributed by atoms with Crippen LogP contribution in [0.5, 0.6) is 11.5 Å². The predicted octanol–water partition coefficient (Wildman–Crippen LogP) is 5.58. The molecule has 1 aromatic heterocycles. The van der Waals surface area contributed by atoms with Gasteiger partial charge in [0.05, 0.1) is 17.4 Å². The van der Waals surface area contributed by atoms with E-state index in [0.29, 0.717) is 6.79 Å². The molecule has 0 saturated heterocycles. The van der Waals surface area contributed by atoms with E-state index in [2.05, 4.69) is 75.4 Å². The summed E-state index contributed by atoms with van der Waals surface area (Å²) in [7, 11) is 2.03. The molecular formula is C23H30N2O2. The van der Waals surface area contributed by atoms with Crippen molar-refractivity contribution in [3.63, 3.8) is 0 Å². The van der Waals surface area contributed by atoms with Gasteiger partial charge in [-0.2, -0.15) is 0 Å². The van der Waals surface area contributed by atoms with Crippen LogP contribution in [0.4, 0.5) is 0 Å². The molecule has 0 spiro atoms. The van der Waals surface area contributed by atoms with Gasteiger partial charge < -0.3 is 14.0 Å². The van der Waals surface area contributed by atoms with Crippen molar-refractivity contribution in [3.05, 3.63) is 53.9 Å². The Hall–Kier alpha value is -2.49. The Morgan fingerprint density at radius 3 is 2.15 bits per heavy atom. The standard InChI is InChI=1S/C12H16N2.C11H14O2/c1-12(2,3)9-6-5-7-10-11(9)13-8-14(10)4;1-11(2,3)8-5-4-6-9-10(8)13-7-12-9/h5-8H,1-4H3;4-6H,7H2,1-3H3. The lowest BCUT2D eigenvalue weighted by atomic mass is 9.86. The maximum atomic E-state index is 5.43. The number of aryl methyl sites for hydroxylation is 1. The molecule has 0 unspecified atom stereocenters. The van der Waals surface area contributed by atoms with Crippen molar-refractivity contribution in [2.24, 2.45) is 7.05 Å². The molecule has 0 saturated carbocycles. The van der Waals surface area contributed by atoms with Crippen molar-refractivity contribution in [3.8, 4) is 11.5 Å². The number of rotatable bonds is 0. The number of hydrogen-bond donors (Lipinski definition) is 0. The van der Waals surface area contributed by atoms with Crippen LogP contribution >= 0.6 is 0 Å². The number of nitrogens with zero attached hydrogens (tertiary/aromatic N) is 2. The van der Waals surface area contributed by atoms with Crippen molar-refractivity contribution in [2.45, 2.75) is 52.4 Å². The predicted molar refractivity (Wildman–Crippen MR) is 111 cm³/mol. The SMILES string of the molecule is CC(C)(C)c1cccc2c1OCO2.Cn1cnc2c(C(C)(C)C)cccc21. The van der Waals surface area contributed by atoms with Gasteiger partial charge in [0, 0.05) is 12.6 Å². The lowest BCUT2D eigenvalue weighted by Crippen LogP contribution is -2.11. The average molecular weight is 367 g/mol. The highest BCUT2D eigenvalue weighted by Gasteiger charge is 2.24. The highest BCUT2D eigenvalue weighted by atomic mass is 16.7. The fourth-order valence-electron chi connectivity index (χ4n) is 3.28. The third kappa shape index (κ3) is 3.95. The highest BCUT2D eigenvalue weighted by molar-refractivity contribution is 5.80. The van der Waals surface area contributed by atoms with E-state index < -0.39 is 0 Å². The van der Waals surface area contributed by atoms with Crippen molar-refractivity contribution >= 4 is 11.0 Å². The summed E-state index contributed by atoms with van der Waals surface area (Å²) in [5.74, 6) is 1.78. The van der Waals surface area contributed by atoms with E-state index in [4.69, 9.17) is 9.47 Å². The third-order valence-electron chi connectivity index (χ3n) is 4.77. The van der Waals surface area contributed by atoms with Gasteiger partial charge in [-0.05, 0) is 28.5 Å². The largest absolute Gasteiger partial charge is 0.454 e. The Bertz CT molecular complexity index is 943. The molecule has 144 valence electrons. The quantitative estimate of drug-likeness (QED) is 0.521. The van der Waals surface area contributed by atoms with Gasteiger partial charge in [-0.3, -0.25) is 0 Å². The minimum Gasteiger partial charge on any atom is -0.454 e. The fraction of sp³-hybridized carbons (Fsp3) is 0.435. The number of imidazole rings is 1. The lowest BCUT2D eigenvalue weighted by molar-refractivity contribution is 0.172. The number of ether oxygens (including phenoxy) is 2. The van der Waals surface area contributed by atoms with E-state index in [9.17, 15) is 0 Å². The van der Waals surface area contributed by atoms with Crippen LogP contribution in [0, 0.1) is 0 Å². The minimum atomic E-state index is 0.110. The van der Waals surface area contributed by atoms with Crippen LogP contribution in [0.3, 0.4) is 0 Å². The van der Waals surface area contributed by atoms with Gasteiger partial charge in [0.15, 0.2) is 11.5 Å². The van der Waals surface area contributed by atoms with E-state index in [1.54, 1.807) is 0 Å². The topological polar surface area (TPSA) is 36.3 Å².